The molecule has 1 heterocycles. The van der Waals surface area contributed by atoms with Crippen molar-refractivity contribution in [3.8, 4) is 0 Å². The zero-order valence-electron chi connectivity index (χ0n) is 15.6. The van der Waals surface area contributed by atoms with E-state index in [1.54, 1.807) is 24.8 Å². The van der Waals surface area contributed by atoms with E-state index in [-0.39, 0.29) is 18.2 Å². The van der Waals surface area contributed by atoms with Crippen molar-refractivity contribution >= 4 is 45.9 Å². The van der Waals surface area contributed by atoms with Crippen LogP contribution in [0.5, 0.6) is 0 Å². The Hall–Kier alpha value is -2.18. The number of carbonyl (C=O) groups excluding carboxylic acids is 1. The van der Waals surface area contributed by atoms with Crippen molar-refractivity contribution in [2.75, 3.05) is 23.7 Å². The van der Waals surface area contributed by atoms with E-state index < -0.39 is 0 Å². The number of thioether (sulfide) groups is 1. The molecular formula is C21H22ClFN2O2S. The first-order valence-electron chi connectivity index (χ1n) is 9.08. The van der Waals surface area contributed by atoms with Gasteiger partial charge in [-0.25, -0.2) is 4.39 Å². The van der Waals surface area contributed by atoms with Gasteiger partial charge in [-0.15, -0.1) is 23.4 Å². The second-order valence-corrected chi connectivity index (χ2v) is 7.84. The highest BCUT2D eigenvalue weighted by atomic mass is 35.5. The third kappa shape index (κ3) is 5.20. The van der Waals surface area contributed by atoms with Gasteiger partial charge in [0.15, 0.2) is 0 Å². The molecule has 0 unspecified atom stereocenters. The Labute approximate surface area is 172 Å². The fourth-order valence-corrected chi connectivity index (χ4v) is 3.94. The Morgan fingerprint density at radius 2 is 2.04 bits per heavy atom. The van der Waals surface area contributed by atoms with Gasteiger partial charge in [0.1, 0.15) is 5.82 Å². The number of ether oxygens (including phenoxy) is 1. The third-order valence-electron chi connectivity index (χ3n) is 4.36. The molecule has 0 fully saturated rings. The van der Waals surface area contributed by atoms with Crippen LogP contribution < -0.4 is 5.32 Å². The molecule has 2 N–H and O–H groups in total. The van der Waals surface area contributed by atoms with Crippen LogP contribution >= 0.6 is 23.4 Å². The lowest BCUT2D eigenvalue weighted by atomic mass is 10.1. The quantitative estimate of drug-likeness (QED) is 0.278. The molecule has 28 heavy (non-hydrogen) atoms. The largest absolute Gasteiger partial charge is 0.466 e. The van der Waals surface area contributed by atoms with Crippen molar-refractivity contribution in [1.82, 2.24) is 4.98 Å². The molecule has 3 rings (SSSR count). The van der Waals surface area contributed by atoms with Crippen LogP contribution in [-0.2, 0) is 22.4 Å². The molecule has 0 saturated carbocycles. The molecule has 0 atom stereocenters. The molecule has 3 aromatic rings. The number of anilines is 1. The second kappa shape index (κ2) is 9.85. The molecule has 0 aliphatic rings. The van der Waals surface area contributed by atoms with Gasteiger partial charge in [-0.2, -0.15) is 0 Å². The summed E-state index contributed by atoms with van der Waals surface area (Å²) in [5.41, 5.74) is 3.53. The molecule has 0 spiro atoms. The van der Waals surface area contributed by atoms with Gasteiger partial charge in [-0.1, -0.05) is 0 Å². The van der Waals surface area contributed by atoms with Crippen molar-refractivity contribution in [1.29, 1.82) is 0 Å². The Morgan fingerprint density at radius 1 is 1.25 bits per heavy atom. The number of aromatic amines is 1. The molecule has 0 aliphatic heterocycles. The zero-order chi connectivity index (χ0) is 19.9. The number of H-pyrrole nitrogens is 1. The molecule has 2 aromatic carbocycles. The summed E-state index contributed by atoms with van der Waals surface area (Å²) in [6.45, 7) is 2.77. The first kappa shape index (κ1) is 20.6. The summed E-state index contributed by atoms with van der Waals surface area (Å²) >= 11 is 7.31. The first-order valence-corrected chi connectivity index (χ1v) is 10.6. The van der Waals surface area contributed by atoms with E-state index in [9.17, 15) is 9.18 Å². The molecule has 4 nitrogen and oxygen atoms in total. The van der Waals surface area contributed by atoms with Crippen molar-refractivity contribution in [3.63, 3.8) is 0 Å². The number of nitrogens with one attached hydrogen (secondary N) is 2. The van der Waals surface area contributed by atoms with Crippen LogP contribution in [0.3, 0.4) is 0 Å². The molecule has 7 heteroatoms. The smallest absolute Gasteiger partial charge is 0.310 e. The second-order valence-electron chi connectivity index (χ2n) is 6.21. The van der Waals surface area contributed by atoms with Crippen LogP contribution in [0.1, 0.15) is 18.2 Å². The van der Waals surface area contributed by atoms with Gasteiger partial charge in [0.05, 0.1) is 18.2 Å². The van der Waals surface area contributed by atoms with Crippen molar-refractivity contribution in [2.24, 2.45) is 0 Å². The average Bonchev–Trinajstić information content (AvgIpc) is 3.00. The van der Waals surface area contributed by atoms with Crippen LogP contribution in [0.2, 0.25) is 0 Å². The van der Waals surface area contributed by atoms with Crippen LogP contribution in [0, 0.1) is 5.82 Å². The van der Waals surface area contributed by atoms with Crippen molar-refractivity contribution in [3.05, 3.63) is 59.5 Å². The monoisotopic (exact) mass is 420 g/mol. The maximum atomic E-state index is 13.7. The van der Waals surface area contributed by atoms with Gasteiger partial charge >= 0.3 is 5.97 Å². The number of benzene rings is 2. The van der Waals surface area contributed by atoms with E-state index in [2.05, 4.69) is 10.3 Å². The van der Waals surface area contributed by atoms with Gasteiger partial charge in [0.25, 0.3) is 0 Å². The minimum Gasteiger partial charge on any atom is -0.466 e. The van der Waals surface area contributed by atoms with E-state index in [1.807, 2.05) is 24.3 Å². The number of alkyl halides is 1. The highest BCUT2D eigenvalue weighted by Gasteiger charge is 2.16. The summed E-state index contributed by atoms with van der Waals surface area (Å²) in [5.74, 6) is -0.634. The maximum Gasteiger partial charge on any atom is 0.310 e. The van der Waals surface area contributed by atoms with Gasteiger partial charge in [-0.3, -0.25) is 4.79 Å². The molecule has 1 aromatic heterocycles. The predicted octanol–water partition coefficient (Wildman–Crippen LogP) is 5.36. The fourth-order valence-electron chi connectivity index (χ4n) is 3.11. The molecular weight excluding hydrogens is 399 g/mol. The minimum atomic E-state index is -0.323. The SMILES string of the molecule is CCOC(=O)Cc1c(CCNc2ccc(SCCl)cc2)[nH]c2ccc(F)cc12. The summed E-state index contributed by atoms with van der Waals surface area (Å²) in [4.78, 5) is 16.5. The number of halogens is 2. The lowest BCUT2D eigenvalue weighted by Gasteiger charge is -2.08. The number of aromatic nitrogens is 1. The summed E-state index contributed by atoms with van der Waals surface area (Å²) in [6.07, 6.45) is 0.792. The van der Waals surface area contributed by atoms with Gasteiger partial charge < -0.3 is 15.0 Å². The van der Waals surface area contributed by atoms with Crippen LogP contribution in [0.15, 0.2) is 47.4 Å². The van der Waals surface area contributed by atoms with E-state index in [1.165, 1.54) is 12.1 Å². The number of hydrogen-bond donors (Lipinski definition) is 2. The van der Waals surface area contributed by atoms with Crippen molar-refractivity contribution < 1.29 is 13.9 Å². The van der Waals surface area contributed by atoms with Gasteiger partial charge in [-0.05, 0) is 55.0 Å². The van der Waals surface area contributed by atoms with Crippen LogP contribution in [0.4, 0.5) is 10.1 Å². The molecule has 148 valence electrons. The third-order valence-corrected chi connectivity index (χ3v) is 5.40. The van der Waals surface area contributed by atoms with Crippen LogP contribution in [0.25, 0.3) is 10.9 Å². The normalized spacial score (nSPS) is 11.0. The number of rotatable bonds is 9. The lowest BCUT2D eigenvalue weighted by molar-refractivity contribution is -0.142. The van der Waals surface area contributed by atoms with Crippen LogP contribution in [-0.4, -0.2) is 29.3 Å². The topological polar surface area (TPSA) is 54.1 Å². The molecule has 0 aliphatic carbocycles. The Morgan fingerprint density at radius 3 is 2.75 bits per heavy atom. The molecule has 0 bridgehead atoms. The van der Waals surface area contributed by atoms with E-state index in [4.69, 9.17) is 16.3 Å². The number of hydrogen-bond acceptors (Lipinski definition) is 4. The summed E-state index contributed by atoms with van der Waals surface area (Å²) < 4.78 is 18.8. The average molecular weight is 421 g/mol. The molecule has 0 saturated heterocycles. The highest BCUT2D eigenvalue weighted by Crippen LogP contribution is 2.25. The standard InChI is InChI=1S/C21H22ClFN2O2S/c1-2-27-21(26)12-18-17-11-14(23)3-8-19(17)25-20(18)9-10-24-15-4-6-16(7-5-15)28-13-22/h3-8,11,24-25H,2,9-10,12-13H2,1H3. The predicted molar refractivity (Wildman–Crippen MR) is 114 cm³/mol. The maximum absolute atomic E-state index is 13.7. The summed E-state index contributed by atoms with van der Waals surface area (Å²) in [6, 6.07) is 12.6. The summed E-state index contributed by atoms with van der Waals surface area (Å²) in [7, 11) is 0. The van der Waals surface area contributed by atoms with Gasteiger partial charge in [0.2, 0.25) is 0 Å². The van der Waals surface area contributed by atoms with Crippen molar-refractivity contribution in [2.45, 2.75) is 24.7 Å². The molecule has 0 radical (unpaired) electrons. The first-order chi connectivity index (χ1) is 13.6. The zero-order valence-corrected chi connectivity index (χ0v) is 17.1. The Bertz CT molecular complexity index is 943. The highest BCUT2D eigenvalue weighted by molar-refractivity contribution is 8.00. The summed E-state index contributed by atoms with van der Waals surface area (Å²) in [5, 5.41) is 4.62. The lowest BCUT2D eigenvalue weighted by Crippen LogP contribution is -2.11. The number of carbonyl (C=O) groups is 1. The van der Waals surface area contributed by atoms with E-state index in [0.717, 1.165) is 32.7 Å². The molecule has 0 amide bonds. The van der Waals surface area contributed by atoms with Gasteiger partial charge in [0, 0.05) is 40.1 Å². The number of fused-ring (bicyclic) bond motifs is 1. The van der Waals surface area contributed by atoms with E-state index in [0.29, 0.717) is 24.8 Å². The fraction of sp³-hybridized carbons (Fsp3) is 0.286. The Kier molecular flexibility index (Phi) is 7.23. The van der Waals surface area contributed by atoms with E-state index >= 15 is 0 Å². The Balaban J connectivity index is 1.73. The number of esters is 1. The minimum absolute atomic E-state index is 0.122.